The first-order valence-electron chi connectivity index (χ1n) is 8.21. The second-order valence-corrected chi connectivity index (χ2v) is 5.61. The molecule has 1 atom stereocenters. The highest BCUT2D eigenvalue weighted by Gasteiger charge is 2.21. The van der Waals surface area contributed by atoms with E-state index < -0.39 is 6.04 Å². The number of nitrogens with one attached hydrogen (secondary N) is 1. The Labute approximate surface area is 128 Å². The molecule has 5 nitrogen and oxygen atoms in total. The van der Waals surface area contributed by atoms with Crippen molar-refractivity contribution in [1.82, 2.24) is 14.9 Å². The van der Waals surface area contributed by atoms with Gasteiger partial charge in [0.15, 0.2) is 0 Å². The van der Waals surface area contributed by atoms with Gasteiger partial charge >= 0.3 is 0 Å². The van der Waals surface area contributed by atoms with Crippen molar-refractivity contribution >= 4 is 5.91 Å². The summed E-state index contributed by atoms with van der Waals surface area (Å²) in [6, 6.07) is -0.489. The van der Waals surface area contributed by atoms with Gasteiger partial charge in [0.05, 0.1) is 18.1 Å². The van der Waals surface area contributed by atoms with Crippen molar-refractivity contribution in [3.8, 4) is 0 Å². The van der Waals surface area contributed by atoms with E-state index in [0.29, 0.717) is 6.42 Å². The van der Waals surface area contributed by atoms with Crippen LogP contribution in [0.1, 0.15) is 58.1 Å². The van der Waals surface area contributed by atoms with E-state index >= 15 is 0 Å². The van der Waals surface area contributed by atoms with Crippen LogP contribution in [0.5, 0.6) is 0 Å². The Balaban J connectivity index is 2.50. The summed E-state index contributed by atoms with van der Waals surface area (Å²) in [5.74, 6) is 0.0604. The maximum absolute atomic E-state index is 12.5. The first-order valence-corrected chi connectivity index (χ1v) is 8.21. The predicted molar refractivity (Wildman–Crippen MR) is 85.9 cm³/mol. The van der Waals surface area contributed by atoms with Crippen LogP contribution in [0.4, 0.5) is 0 Å². The summed E-state index contributed by atoms with van der Waals surface area (Å²) in [4.78, 5) is 21.5. The number of amides is 1. The summed E-state index contributed by atoms with van der Waals surface area (Å²) in [6.07, 6.45) is 10.7. The summed E-state index contributed by atoms with van der Waals surface area (Å²) >= 11 is 0. The normalized spacial score (nSPS) is 12.3. The SMILES string of the molecule is CCCCCN(CCCCC)C(=O)C(N)Cc1c[nH]cn1. The molecule has 0 aliphatic rings. The zero-order valence-electron chi connectivity index (χ0n) is 13.5. The third-order valence-electron chi connectivity index (χ3n) is 3.68. The lowest BCUT2D eigenvalue weighted by Crippen LogP contribution is -2.45. The Morgan fingerprint density at radius 3 is 2.33 bits per heavy atom. The first-order chi connectivity index (χ1) is 10.2. The molecule has 0 saturated carbocycles. The van der Waals surface area contributed by atoms with E-state index in [1.165, 1.54) is 0 Å². The van der Waals surface area contributed by atoms with E-state index in [9.17, 15) is 4.79 Å². The van der Waals surface area contributed by atoms with Gasteiger partial charge in [-0.25, -0.2) is 4.98 Å². The predicted octanol–water partition coefficient (Wildman–Crippen LogP) is 2.49. The fourth-order valence-electron chi connectivity index (χ4n) is 2.39. The minimum atomic E-state index is -0.489. The Kier molecular flexibility index (Phi) is 8.74. The second kappa shape index (κ2) is 10.4. The third kappa shape index (κ3) is 6.76. The number of unbranched alkanes of at least 4 members (excludes halogenated alkanes) is 4. The number of carbonyl (C=O) groups excluding carboxylic acids is 1. The standard InChI is InChI=1S/C16H30N4O/c1-3-5-7-9-20(10-8-6-4-2)16(21)15(17)11-14-12-18-13-19-14/h12-13,15H,3-11,17H2,1-2H3,(H,18,19). The maximum Gasteiger partial charge on any atom is 0.239 e. The molecule has 1 amide bonds. The minimum absolute atomic E-state index is 0.0604. The van der Waals surface area contributed by atoms with Crippen LogP contribution in [0.2, 0.25) is 0 Å². The smallest absolute Gasteiger partial charge is 0.239 e. The van der Waals surface area contributed by atoms with Gasteiger partial charge in [0.25, 0.3) is 0 Å². The summed E-state index contributed by atoms with van der Waals surface area (Å²) in [5.41, 5.74) is 6.92. The fraction of sp³-hybridized carbons (Fsp3) is 0.750. The molecule has 0 radical (unpaired) electrons. The van der Waals surface area contributed by atoms with E-state index in [-0.39, 0.29) is 5.91 Å². The van der Waals surface area contributed by atoms with Crippen molar-refractivity contribution in [2.75, 3.05) is 13.1 Å². The van der Waals surface area contributed by atoms with Crippen LogP contribution in [0.15, 0.2) is 12.5 Å². The zero-order valence-corrected chi connectivity index (χ0v) is 13.5. The average molecular weight is 294 g/mol. The molecule has 5 heteroatoms. The van der Waals surface area contributed by atoms with Crippen molar-refractivity contribution < 1.29 is 4.79 Å². The van der Waals surface area contributed by atoms with Crippen LogP contribution < -0.4 is 5.73 Å². The highest BCUT2D eigenvalue weighted by molar-refractivity contribution is 5.81. The van der Waals surface area contributed by atoms with Gasteiger partial charge in [-0.05, 0) is 12.8 Å². The van der Waals surface area contributed by atoms with Crippen molar-refractivity contribution in [3.05, 3.63) is 18.2 Å². The van der Waals surface area contributed by atoms with Crippen molar-refractivity contribution in [3.63, 3.8) is 0 Å². The monoisotopic (exact) mass is 294 g/mol. The topological polar surface area (TPSA) is 75.0 Å². The van der Waals surface area contributed by atoms with E-state index in [2.05, 4.69) is 23.8 Å². The molecule has 1 aromatic rings. The number of aromatic amines is 1. The number of hydrogen-bond acceptors (Lipinski definition) is 3. The molecule has 0 aliphatic heterocycles. The zero-order chi connectivity index (χ0) is 15.5. The highest BCUT2D eigenvalue weighted by Crippen LogP contribution is 2.07. The fourth-order valence-corrected chi connectivity index (χ4v) is 2.39. The molecule has 0 fully saturated rings. The molecule has 0 bridgehead atoms. The van der Waals surface area contributed by atoms with Gasteiger partial charge in [-0.3, -0.25) is 4.79 Å². The molecule has 1 aromatic heterocycles. The van der Waals surface area contributed by atoms with Gasteiger partial charge in [0.1, 0.15) is 0 Å². The number of nitrogens with two attached hydrogens (primary N) is 1. The molecule has 1 rings (SSSR count). The summed E-state index contributed by atoms with van der Waals surface area (Å²) in [7, 11) is 0. The van der Waals surface area contributed by atoms with Gasteiger partial charge < -0.3 is 15.6 Å². The first kappa shape index (κ1) is 17.7. The van der Waals surface area contributed by atoms with Gasteiger partial charge in [0.2, 0.25) is 5.91 Å². The van der Waals surface area contributed by atoms with Crippen molar-refractivity contribution in [2.45, 2.75) is 64.8 Å². The Morgan fingerprint density at radius 1 is 1.24 bits per heavy atom. The quantitative estimate of drug-likeness (QED) is 0.616. The van der Waals surface area contributed by atoms with Gasteiger partial charge in [-0.2, -0.15) is 0 Å². The lowest BCUT2D eigenvalue weighted by atomic mass is 10.1. The lowest BCUT2D eigenvalue weighted by Gasteiger charge is -2.25. The average Bonchev–Trinajstić information content (AvgIpc) is 2.98. The van der Waals surface area contributed by atoms with Gasteiger partial charge in [-0.1, -0.05) is 39.5 Å². The summed E-state index contributed by atoms with van der Waals surface area (Å²) < 4.78 is 0. The van der Waals surface area contributed by atoms with Gasteiger partial charge in [-0.15, -0.1) is 0 Å². The molecule has 0 spiro atoms. The van der Waals surface area contributed by atoms with Crippen LogP contribution in [0.25, 0.3) is 0 Å². The van der Waals surface area contributed by atoms with E-state index in [4.69, 9.17) is 5.73 Å². The Bertz CT molecular complexity index is 368. The molecule has 120 valence electrons. The minimum Gasteiger partial charge on any atom is -0.351 e. The number of aromatic nitrogens is 2. The van der Waals surface area contributed by atoms with Crippen LogP contribution in [-0.4, -0.2) is 39.9 Å². The summed E-state index contributed by atoms with van der Waals surface area (Å²) in [6.45, 7) is 5.99. The Hall–Kier alpha value is -1.36. The number of nitrogens with zero attached hydrogens (tertiary/aromatic N) is 2. The number of H-pyrrole nitrogens is 1. The molecule has 1 heterocycles. The molecule has 0 aromatic carbocycles. The van der Waals surface area contributed by atoms with E-state index in [1.54, 1.807) is 12.5 Å². The largest absolute Gasteiger partial charge is 0.351 e. The molecule has 21 heavy (non-hydrogen) atoms. The number of imidazole rings is 1. The molecule has 0 saturated heterocycles. The Morgan fingerprint density at radius 2 is 1.86 bits per heavy atom. The molecular formula is C16H30N4O. The highest BCUT2D eigenvalue weighted by atomic mass is 16.2. The summed E-state index contributed by atoms with van der Waals surface area (Å²) in [5, 5.41) is 0. The van der Waals surface area contributed by atoms with Crippen molar-refractivity contribution in [1.29, 1.82) is 0 Å². The lowest BCUT2D eigenvalue weighted by molar-refractivity contribution is -0.132. The second-order valence-electron chi connectivity index (χ2n) is 5.61. The van der Waals surface area contributed by atoms with E-state index in [0.717, 1.165) is 57.3 Å². The molecule has 1 unspecified atom stereocenters. The van der Waals surface area contributed by atoms with Crippen LogP contribution in [0.3, 0.4) is 0 Å². The van der Waals surface area contributed by atoms with Crippen molar-refractivity contribution in [2.24, 2.45) is 5.73 Å². The van der Waals surface area contributed by atoms with Crippen LogP contribution >= 0.6 is 0 Å². The third-order valence-corrected chi connectivity index (χ3v) is 3.68. The van der Waals surface area contributed by atoms with Crippen LogP contribution in [-0.2, 0) is 11.2 Å². The molecule has 3 N–H and O–H groups in total. The molecule has 0 aliphatic carbocycles. The number of hydrogen-bond donors (Lipinski definition) is 2. The maximum atomic E-state index is 12.5. The number of rotatable bonds is 11. The molecular weight excluding hydrogens is 264 g/mol. The van der Waals surface area contributed by atoms with Gasteiger partial charge in [0, 0.05) is 25.7 Å². The number of carbonyl (C=O) groups is 1. The van der Waals surface area contributed by atoms with Crippen LogP contribution in [0, 0.1) is 0 Å². The van der Waals surface area contributed by atoms with E-state index in [1.807, 2.05) is 4.90 Å².